The van der Waals surface area contributed by atoms with Crippen molar-refractivity contribution in [3.63, 3.8) is 0 Å². The molecule has 0 radical (unpaired) electrons. The minimum Gasteiger partial charge on any atom is -1.00 e. The molecule has 0 aliphatic carbocycles. The molecule has 15 heavy (non-hydrogen) atoms. The first-order chi connectivity index (χ1) is 0. The van der Waals surface area contributed by atoms with E-state index in [4.69, 9.17) is 0 Å². The van der Waals surface area contributed by atoms with Crippen molar-refractivity contribution in [1.82, 2.24) is 0 Å². The van der Waals surface area contributed by atoms with E-state index < -0.39 is 0 Å². The molecule has 0 atom stereocenters. The molecule has 0 spiro atoms. The average Bonchev–Trinajstić information content (AvgIpc) is 0. The number of hydrogen-bond acceptors (Lipinski definition) is 0. The Labute approximate surface area is 370 Å². The van der Waals surface area contributed by atoms with Crippen molar-refractivity contribution < 1.29 is 317 Å². The predicted molar refractivity (Wildman–Crippen MR) is 67.3 cm³/mol. The van der Waals surface area contributed by atoms with Crippen molar-refractivity contribution in [3.05, 3.63) is 0 Å². The van der Waals surface area contributed by atoms with Crippen molar-refractivity contribution in [3.8, 4) is 0 Å². The third kappa shape index (κ3) is 118. The van der Waals surface area contributed by atoms with E-state index in [-0.39, 0.29) is 384 Å². The zero-order valence-electron chi connectivity index (χ0n) is 12.0. The van der Waals surface area contributed by atoms with Crippen molar-refractivity contribution in [2.75, 3.05) is 0 Å². The van der Waals surface area contributed by atoms with Crippen LogP contribution in [0, 0.1) is 0 Å². The Bertz CT molecular complexity index is 32.7. The Hall–Kier alpha value is 9.82. The van der Waals surface area contributed by atoms with Gasteiger partial charge in [0, 0.05) is 0 Å². The molecule has 0 unspecified atom stereocenters. The van der Waals surface area contributed by atoms with Crippen molar-refractivity contribution in [2.24, 2.45) is 0 Å². The van der Waals surface area contributed by atoms with Gasteiger partial charge in [0.25, 0.3) is 0 Å². The second-order valence-corrected chi connectivity index (χ2v) is 0. The summed E-state index contributed by atoms with van der Waals surface area (Å²) >= 11 is 0. The fourth-order valence-corrected chi connectivity index (χ4v) is 0. The van der Waals surface area contributed by atoms with Gasteiger partial charge >= 0.3 is 308 Å². The third-order valence-corrected chi connectivity index (χ3v) is 0. The van der Waals surface area contributed by atoms with Crippen LogP contribution in [0.4, 0.5) is 0 Å². The second-order valence-electron chi connectivity index (χ2n) is 0. The van der Waals surface area contributed by atoms with Crippen LogP contribution in [0.5, 0.6) is 0 Å². The SMILES string of the molecule is C.C.C.C.C.C.C.C.C.[2H-].[2H-].[2H-].[2H-].[2H-].[2H-].[K+].[K+].[K+].[K+].[K+].[K+]. The monoisotopic (exact) mass is 390 g/mol. The third-order valence-electron chi connectivity index (χ3n) is 0. The van der Waals surface area contributed by atoms with Gasteiger partial charge in [0.05, 0.1) is 0 Å². The Balaban J connectivity index is 0. The molecule has 0 aromatic heterocycles. The van der Waals surface area contributed by atoms with Crippen LogP contribution < -0.4 is 308 Å². The van der Waals surface area contributed by atoms with Crippen molar-refractivity contribution in [2.45, 2.75) is 66.8 Å². The summed E-state index contributed by atoms with van der Waals surface area (Å²) < 4.78 is 0. The van der Waals surface area contributed by atoms with Gasteiger partial charge in [-0.3, -0.25) is 0 Å². The first kappa shape index (κ1) is 146. The molecule has 0 aliphatic heterocycles. The zero-order valence-corrected chi connectivity index (χ0v) is 24.7. The average molecular weight is 391 g/mol. The standard InChI is InChI=1S/9CH4.6K.6H/h9*1H4;;;;;;;;;;;;/q;;;;;;;;;6*+1;6*-1/i;;;;;;;;;;;;;;;6*1+1. The van der Waals surface area contributed by atoms with E-state index in [0.717, 1.165) is 0 Å². The van der Waals surface area contributed by atoms with E-state index in [1.54, 1.807) is 0 Å². The van der Waals surface area contributed by atoms with Gasteiger partial charge in [0.1, 0.15) is 0 Å². The molecule has 0 bridgehead atoms. The van der Waals surface area contributed by atoms with E-state index in [1.807, 2.05) is 0 Å². The largest absolute Gasteiger partial charge is 1.00 e. The molecule has 0 heterocycles. The molecule has 0 N–H and O–H groups in total. The van der Waals surface area contributed by atoms with E-state index in [2.05, 4.69) is 0 Å². The maximum Gasteiger partial charge on any atom is 1.00 e. The van der Waals surface area contributed by atoms with Gasteiger partial charge in [-0.2, -0.15) is 0 Å². The van der Waals surface area contributed by atoms with Gasteiger partial charge in [-0.1, -0.05) is 66.8 Å². The van der Waals surface area contributed by atoms with Crippen LogP contribution >= 0.6 is 0 Å². The maximum atomic E-state index is 0. The van der Waals surface area contributed by atoms with Crippen molar-refractivity contribution in [1.29, 1.82) is 0 Å². The number of hydrogen-bond donors (Lipinski definition) is 0. The first-order valence-corrected chi connectivity index (χ1v) is 0. The van der Waals surface area contributed by atoms with Crippen LogP contribution in [0.2, 0.25) is 0 Å². The van der Waals surface area contributed by atoms with Crippen molar-refractivity contribution >= 4 is 0 Å². The van der Waals surface area contributed by atoms with Crippen LogP contribution in [-0.4, -0.2) is 0 Å². The zero-order chi connectivity index (χ0) is 0. The van der Waals surface area contributed by atoms with Gasteiger partial charge in [-0.15, -0.1) is 0 Å². The summed E-state index contributed by atoms with van der Waals surface area (Å²) in [6, 6.07) is 0. The Morgan fingerprint density at radius 2 is 0.200 bits per heavy atom. The molecule has 0 fully saturated rings. The predicted octanol–water partition coefficient (Wildman–Crippen LogP) is -11.6. The Morgan fingerprint density at radius 3 is 0.200 bits per heavy atom. The van der Waals surface area contributed by atoms with Crippen LogP contribution in [0.15, 0.2) is 0 Å². The quantitative estimate of drug-likeness (QED) is 0.360. The minimum atomic E-state index is 0. The first-order valence-electron chi connectivity index (χ1n) is 0. The number of rotatable bonds is 0. The summed E-state index contributed by atoms with van der Waals surface area (Å²) in [5.74, 6) is 0. The molecule has 0 amide bonds. The van der Waals surface area contributed by atoms with Crippen LogP contribution in [0.1, 0.15) is 75.4 Å². The van der Waals surface area contributed by atoms with Gasteiger partial charge in [-0.25, -0.2) is 0 Å². The summed E-state index contributed by atoms with van der Waals surface area (Å²) in [6.45, 7) is 0. The molecule has 0 aromatic carbocycles. The Morgan fingerprint density at radius 1 is 0.200 bits per heavy atom. The molecule has 0 nitrogen and oxygen atoms in total. The van der Waals surface area contributed by atoms with Crippen LogP contribution in [-0.2, 0) is 0 Å². The summed E-state index contributed by atoms with van der Waals surface area (Å²) in [6.07, 6.45) is 0. The van der Waals surface area contributed by atoms with E-state index in [9.17, 15) is 0 Å². The van der Waals surface area contributed by atoms with E-state index in [0.29, 0.717) is 0 Å². The maximum absolute atomic E-state index is 0. The summed E-state index contributed by atoms with van der Waals surface area (Å²) in [5.41, 5.74) is 0. The molecule has 6 heteroatoms. The molecule has 0 saturated carbocycles. The van der Waals surface area contributed by atoms with Crippen LogP contribution in [0.3, 0.4) is 0 Å². The molecule has 0 rings (SSSR count). The molecular weight excluding hydrogens is 343 g/mol. The van der Waals surface area contributed by atoms with E-state index in [1.165, 1.54) is 0 Å². The fourth-order valence-electron chi connectivity index (χ4n) is 0. The van der Waals surface area contributed by atoms with Crippen LogP contribution in [0.25, 0.3) is 0 Å². The second kappa shape index (κ2) is 129. The minimum absolute atomic E-state index is 0. The summed E-state index contributed by atoms with van der Waals surface area (Å²) in [7, 11) is 0. The smallest absolute Gasteiger partial charge is 1.00 e. The van der Waals surface area contributed by atoms with Gasteiger partial charge < -0.3 is 8.56 Å². The topological polar surface area (TPSA) is 0 Å². The molecule has 84 valence electrons. The molecule has 0 aromatic rings. The summed E-state index contributed by atoms with van der Waals surface area (Å²) in [4.78, 5) is 0. The fraction of sp³-hybridized carbons (Fsp3) is 1.00. The van der Waals surface area contributed by atoms with Gasteiger partial charge in [-0.05, 0) is 0 Å². The van der Waals surface area contributed by atoms with Gasteiger partial charge in [0.2, 0.25) is 0 Å². The van der Waals surface area contributed by atoms with Gasteiger partial charge in [0.15, 0.2) is 0 Å². The molecule has 0 saturated heterocycles. The Kier molecular flexibility index (Phi) is 1250. The normalized spacial score (nSPS) is 0. The molecular formula is C9H42K6. The van der Waals surface area contributed by atoms with E-state index >= 15 is 0 Å². The summed E-state index contributed by atoms with van der Waals surface area (Å²) in [5, 5.41) is 0. The molecule has 0 aliphatic rings.